The van der Waals surface area contributed by atoms with E-state index in [-0.39, 0.29) is 17.4 Å². The van der Waals surface area contributed by atoms with Crippen molar-refractivity contribution in [3.05, 3.63) is 21.9 Å². The van der Waals surface area contributed by atoms with E-state index in [4.69, 9.17) is 4.74 Å². The van der Waals surface area contributed by atoms with Crippen LogP contribution in [0.25, 0.3) is 0 Å². The highest BCUT2D eigenvalue weighted by atomic mass is 32.1. The number of nitrogens with one attached hydrogen (secondary N) is 1. The highest BCUT2D eigenvalue weighted by Crippen LogP contribution is 2.39. The quantitative estimate of drug-likeness (QED) is 0.893. The molecule has 0 bridgehead atoms. The van der Waals surface area contributed by atoms with Crippen LogP contribution in [0.2, 0.25) is 0 Å². The number of carbonyl (C=O) groups excluding carboxylic acids is 2. The molecule has 2 aliphatic rings. The van der Waals surface area contributed by atoms with Gasteiger partial charge in [0, 0.05) is 38.0 Å². The first-order chi connectivity index (χ1) is 12.0. The normalized spacial score (nSPS) is 22.8. The molecule has 0 aliphatic carbocycles. The molecule has 0 saturated carbocycles. The third kappa shape index (κ3) is 4.61. The SMILES string of the molecule is CC(=O)NCCC1CCOC2(CCN(C(=O)c3ccc(C)s3)CC2)C1. The molecular formula is C19H28N2O3S. The average molecular weight is 365 g/mol. The highest BCUT2D eigenvalue weighted by molar-refractivity contribution is 7.13. The Morgan fingerprint density at radius 3 is 2.76 bits per heavy atom. The summed E-state index contributed by atoms with van der Waals surface area (Å²) in [5, 5.41) is 2.89. The topological polar surface area (TPSA) is 58.6 Å². The Morgan fingerprint density at radius 2 is 2.12 bits per heavy atom. The maximum absolute atomic E-state index is 12.6. The molecule has 2 amide bonds. The van der Waals surface area contributed by atoms with Crippen molar-refractivity contribution in [1.29, 1.82) is 0 Å². The van der Waals surface area contributed by atoms with Crippen LogP contribution in [0.15, 0.2) is 12.1 Å². The zero-order valence-corrected chi connectivity index (χ0v) is 16.0. The van der Waals surface area contributed by atoms with Gasteiger partial charge in [-0.1, -0.05) is 0 Å². The summed E-state index contributed by atoms with van der Waals surface area (Å²) >= 11 is 1.57. The van der Waals surface area contributed by atoms with E-state index in [1.807, 2.05) is 24.0 Å². The maximum atomic E-state index is 12.6. The van der Waals surface area contributed by atoms with Crippen molar-refractivity contribution < 1.29 is 14.3 Å². The first-order valence-electron chi connectivity index (χ1n) is 9.22. The van der Waals surface area contributed by atoms with Gasteiger partial charge in [0.15, 0.2) is 0 Å². The Kier molecular flexibility index (Phi) is 5.79. The van der Waals surface area contributed by atoms with Crippen LogP contribution in [0.5, 0.6) is 0 Å². The average Bonchev–Trinajstić information content (AvgIpc) is 3.01. The minimum Gasteiger partial charge on any atom is -0.375 e. The largest absolute Gasteiger partial charge is 0.375 e. The van der Waals surface area contributed by atoms with E-state index in [0.29, 0.717) is 5.92 Å². The lowest BCUT2D eigenvalue weighted by Gasteiger charge is -2.46. The lowest BCUT2D eigenvalue weighted by atomic mass is 9.78. The second-order valence-corrected chi connectivity index (χ2v) is 8.65. The molecule has 2 fully saturated rings. The minimum atomic E-state index is -0.0682. The zero-order chi connectivity index (χ0) is 17.9. The molecule has 0 radical (unpaired) electrons. The fourth-order valence-electron chi connectivity index (χ4n) is 4.00. The van der Waals surface area contributed by atoms with Gasteiger partial charge in [-0.25, -0.2) is 0 Å². The Morgan fingerprint density at radius 1 is 1.36 bits per heavy atom. The number of carbonyl (C=O) groups is 2. The number of hydrogen-bond donors (Lipinski definition) is 1. The second kappa shape index (κ2) is 7.87. The van der Waals surface area contributed by atoms with Crippen LogP contribution in [0.1, 0.15) is 53.6 Å². The molecule has 1 N–H and O–H groups in total. The lowest BCUT2D eigenvalue weighted by Crippen LogP contribution is -2.50. The molecule has 1 aromatic rings. The number of hydrogen-bond acceptors (Lipinski definition) is 4. The predicted molar refractivity (Wildman–Crippen MR) is 98.9 cm³/mol. The third-order valence-corrected chi connectivity index (χ3v) is 6.42. The van der Waals surface area contributed by atoms with Crippen molar-refractivity contribution in [3.8, 4) is 0 Å². The van der Waals surface area contributed by atoms with E-state index in [1.165, 1.54) is 4.88 Å². The predicted octanol–water partition coefficient (Wildman–Crippen LogP) is 2.98. The molecule has 1 spiro atoms. The van der Waals surface area contributed by atoms with Gasteiger partial charge >= 0.3 is 0 Å². The summed E-state index contributed by atoms with van der Waals surface area (Å²) < 4.78 is 6.18. The van der Waals surface area contributed by atoms with Crippen molar-refractivity contribution in [2.24, 2.45) is 5.92 Å². The molecule has 1 unspecified atom stereocenters. The molecule has 25 heavy (non-hydrogen) atoms. The second-order valence-electron chi connectivity index (χ2n) is 7.36. The lowest BCUT2D eigenvalue weighted by molar-refractivity contribution is -0.124. The van der Waals surface area contributed by atoms with E-state index in [2.05, 4.69) is 5.32 Å². The van der Waals surface area contributed by atoms with Crippen LogP contribution in [-0.4, -0.2) is 48.6 Å². The summed E-state index contributed by atoms with van der Waals surface area (Å²) in [7, 11) is 0. The number of ether oxygens (including phenoxy) is 1. The van der Waals surface area contributed by atoms with Gasteiger partial charge in [0.25, 0.3) is 5.91 Å². The number of thiophene rings is 1. The van der Waals surface area contributed by atoms with Gasteiger partial charge in [0.1, 0.15) is 0 Å². The van der Waals surface area contributed by atoms with Gasteiger partial charge in [0.2, 0.25) is 5.91 Å². The molecular weight excluding hydrogens is 336 g/mol. The van der Waals surface area contributed by atoms with E-state index < -0.39 is 0 Å². The van der Waals surface area contributed by atoms with Crippen LogP contribution >= 0.6 is 11.3 Å². The van der Waals surface area contributed by atoms with Crippen molar-refractivity contribution in [3.63, 3.8) is 0 Å². The molecule has 1 atom stereocenters. The number of piperidine rings is 1. The molecule has 3 heterocycles. The van der Waals surface area contributed by atoms with Crippen LogP contribution in [0.3, 0.4) is 0 Å². The molecule has 5 nitrogen and oxygen atoms in total. The Hall–Kier alpha value is -1.40. The van der Waals surface area contributed by atoms with Gasteiger partial charge in [-0.2, -0.15) is 0 Å². The standard InChI is InChI=1S/C19H28N2O3S/c1-14-3-4-17(25-14)18(23)21-10-7-19(8-11-21)13-16(6-12-24-19)5-9-20-15(2)22/h3-4,16H,5-13H2,1-2H3,(H,20,22). The number of rotatable bonds is 4. The summed E-state index contributed by atoms with van der Waals surface area (Å²) in [5.74, 6) is 0.797. The first-order valence-corrected chi connectivity index (χ1v) is 10.0. The van der Waals surface area contributed by atoms with Gasteiger partial charge in [-0.15, -0.1) is 11.3 Å². The van der Waals surface area contributed by atoms with Gasteiger partial charge in [0.05, 0.1) is 10.5 Å². The zero-order valence-electron chi connectivity index (χ0n) is 15.2. The van der Waals surface area contributed by atoms with Crippen molar-refractivity contribution in [2.45, 2.75) is 51.6 Å². The summed E-state index contributed by atoms with van der Waals surface area (Å²) in [6.07, 6.45) is 4.96. The van der Waals surface area contributed by atoms with Crippen LogP contribution in [-0.2, 0) is 9.53 Å². The van der Waals surface area contributed by atoms with Crippen molar-refractivity contribution in [1.82, 2.24) is 10.2 Å². The smallest absolute Gasteiger partial charge is 0.263 e. The molecule has 2 aliphatic heterocycles. The molecule has 2 saturated heterocycles. The summed E-state index contributed by atoms with van der Waals surface area (Å²) in [5.41, 5.74) is -0.0682. The van der Waals surface area contributed by atoms with E-state index >= 15 is 0 Å². The van der Waals surface area contributed by atoms with Crippen LogP contribution < -0.4 is 5.32 Å². The number of likely N-dealkylation sites (tertiary alicyclic amines) is 1. The molecule has 138 valence electrons. The highest BCUT2D eigenvalue weighted by Gasteiger charge is 2.41. The van der Waals surface area contributed by atoms with Crippen LogP contribution in [0.4, 0.5) is 0 Å². The monoisotopic (exact) mass is 364 g/mol. The Balaban J connectivity index is 1.51. The van der Waals surface area contributed by atoms with E-state index in [0.717, 1.165) is 63.2 Å². The number of nitrogens with zero attached hydrogens (tertiary/aromatic N) is 1. The van der Waals surface area contributed by atoms with E-state index in [1.54, 1.807) is 18.3 Å². The first kappa shape index (κ1) is 18.4. The Labute approximate surface area is 153 Å². The number of amides is 2. The van der Waals surface area contributed by atoms with Crippen molar-refractivity contribution >= 4 is 23.2 Å². The molecule has 6 heteroatoms. The summed E-state index contributed by atoms with van der Waals surface area (Å²) in [6, 6.07) is 3.94. The van der Waals surface area contributed by atoms with Crippen LogP contribution in [0, 0.1) is 12.8 Å². The summed E-state index contributed by atoms with van der Waals surface area (Å²) in [4.78, 5) is 27.6. The fourth-order valence-corrected chi connectivity index (χ4v) is 4.83. The van der Waals surface area contributed by atoms with Gasteiger partial charge < -0.3 is 15.0 Å². The summed E-state index contributed by atoms with van der Waals surface area (Å²) in [6.45, 7) is 6.68. The Bertz CT molecular complexity index is 620. The van der Waals surface area contributed by atoms with E-state index in [9.17, 15) is 9.59 Å². The third-order valence-electron chi connectivity index (χ3n) is 5.43. The van der Waals surface area contributed by atoms with Gasteiger partial charge in [-0.05, 0) is 57.1 Å². The fraction of sp³-hybridized carbons (Fsp3) is 0.684. The molecule has 0 aromatic carbocycles. The maximum Gasteiger partial charge on any atom is 0.263 e. The molecule has 1 aromatic heterocycles. The molecule has 3 rings (SSSR count). The van der Waals surface area contributed by atoms with Gasteiger partial charge in [-0.3, -0.25) is 9.59 Å². The number of aryl methyl sites for hydroxylation is 1. The van der Waals surface area contributed by atoms with Crippen molar-refractivity contribution in [2.75, 3.05) is 26.2 Å². The minimum absolute atomic E-state index is 0.0393.